The molecule has 1 aromatic rings. The average Bonchev–Trinajstić information content (AvgIpc) is 2.60. The molecule has 0 atom stereocenters. The molecule has 0 bridgehead atoms. The summed E-state index contributed by atoms with van der Waals surface area (Å²) in [5.74, 6) is 0.619. The van der Waals surface area contributed by atoms with E-state index in [0.717, 1.165) is 16.5 Å². The maximum Gasteiger partial charge on any atom is 0.157 e. The lowest BCUT2D eigenvalue weighted by Crippen LogP contribution is -2.36. The molecule has 2 nitrogen and oxygen atoms in total. The van der Waals surface area contributed by atoms with Crippen LogP contribution in [0.25, 0.3) is 0 Å². The molecule has 0 radical (unpaired) electrons. The zero-order chi connectivity index (χ0) is 12.5. The molecule has 0 unspecified atom stereocenters. The van der Waals surface area contributed by atoms with Gasteiger partial charge in [-0.2, -0.15) is 0 Å². The molecule has 1 saturated heterocycles. The summed E-state index contributed by atoms with van der Waals surface area (Å²) in [7, 11) is 0. The van der Waals surface area contributed by atoms with Crippen LogP contribution in [0.4, 0.5) is 4.39 Å². The van der Waals surface area contributed by atoms with Gasteiger partial charge in [0.15, 0.2) is 5.17 Å². The Kier molecular flexibility index (Phi) is 3.64. The van der Waals surface area contributed by atoms with E-state index < -0.39 is 5.82 Å². The minimum absolute atomic E-state index is 0.101. The first kappa shape index (κ1) is 12.7. The van der Waals surface area contributed by atoms with Gasteiger partial charge < -0.3 is 5.32 Å². The summed E-state index contributed by atoms with van der Waals surface area (Å²) in [5, 5.41) is 4.42. The number of thioether (sulfide) groups is 1. The van der Waals surface area contributed by atoms with Gasteiger partial charge in [0, 0.05) is 11.3 Å². The van der Waals surface area contributed by atoms with Crippen LogP contribution >= 0.6 is 23.4 Å². The lowest BCUT2D eigenvalue weighted by atomic mass is 10.1. The Balaban J connectivity index is 2.03. The first-order valence-corrected chi connectivity index (χ1v) is 6.72. The number of aliphatic imine (C=N–C) groups is 1. The second-order valence-electron chi connectivity index (χ2n) is 4.67. The van der Waals surface area contributed by atoms with Gasteiger partial charge in [0.2, 0.25) is 0 Å². The van der Waals surface area contributed by atoms with Crippen LogP contribution in [0.1, 0.15) is 19.4 Å². The van der Waals surface area contributed by atoms with Gasteiger partial charge >= 0.3 is 0 Å². The van der Waals surface area contributed by atoms with Crippen molar-refractivity contribution in [3.8, 4) is 0 Å². The Bertz CT molecular complexity index is 460. The molecule has 1 N–H and O–H groups in total. The number of hydrogen-bond donors (Lipinski definition) is 1. The van der Waals surface area contributed by atoms with Crippen LogP contribution in [0.3, 0.4) is 0 Å². The molecule has 1 aliphatic heterocycles. The highest BCUT2D eigenvalue weighted by Gasteiger charge is 2.26. The van der Waals surface area contributed by atoms with Crippen molar-refractivity contribution < 1.29 is 4.39 Å². The van der Waals surface area contributed by atoms with Crippen molar-refractivity contribution >= 4 is 28.5 Å². The summed E-state index contributed by atoms with van der Waals surface area (Å²) in [6.07, 6.45) is 0. The van der Waals surface area contributed by atoms with E-state index in [9.17, 15) is 4.39 Å². The third-order valence-electron chi connectivity index (χ3n) is 2.40. The summed E-state index contributed by atoms with van der Waals surface area (Å²) in [6, 6.07) is 4.69. The number of amidine groups is 1. The zero-order valence-electron chi connectivity index (χ0n) is 9.76. The summed E-state index contributed by atoms with van der Waals surface area (Å²) >= 11 is 7.42. The van der Waals surface area contributed by atoms with E-state index in [0.29, 0.717) is 6.54 Å². The van der Waals surface area contributed by atoms with Crippen molar-refractivity contribution in [1.29, 1.82) is 0 Å². The van der Waals surface area contributed by atoms with Crippen molar-refractivity contribution in [3.05, 3.63) is 34.6 Å². The Morgan fingerprint density at radius 3 is 2.88 bits per heavy atom. The molecule has 0 spiro atoms. The molecule has 1 aliphatic rings. The fraction of sp³-hybridized carbons (Fsp3) is 0.417. The smallest absolute Gasteiger partial charge is 0.157 e. The van der Waals surface area contributed by atoms with Gasteiger partial charge in [0.05, 0.1) is 11.6 Å². The van der Waals surface area contributed by atoms with Gasteiger partial charge in [0.25, 0.3) is 0 Å². The normalized spacial score (nSPS) is 20.6. The SMILES string of the molecule is CC1(C)CSC(=NCc2ccc(F)c(Cl)c2)N1. The van der Waals surface area contributed by atoms with Crippen LogP contribution in [0.2, 0.25) is 5.02 Å². The van der Waals surface area contributed by atoms with Crippen LogP contribution in [0.15, 0.2) is 23.2 Å². The van der Waals surface area contributed by atoms with Gasteiger partial charge in [-0.1, -0.05) is 29.4 Å². The highest BCUT2D eigenvalue weighted by atomic mass is 35.5. The van der Waals surface area contributed by atoms with Crippen molar-refractivity contribution in [1.82, 2.24) is 5.32 Å². The molecule has 0 aromatic heterocycles. The minimum atomic E-state index is -0.391. The average molecular weight is 273 g/mol. The molecule has 1 aromatic carbocycles. The van der Waals surface area contributed by atoms with Crippen molar-refractivity contribution in [2.45, 2.75) is 25.9 Å². The molecule has 0 saturated carbocycles. The van der Waals surface area contributed by atoms with Crippen LogP contribution in [-0.4, -0.2) is 16.5 Å². The number of halogens is 2. The molecule has 0 amide bonds. The fourth-order valence-corrected chi connectivity index (χ4v) is 2.77. The summed E-state index contributed by atoms with van der Waals surface area (Å²) in [4.78, 5) is 4.45. The molecule has 1 heterocycles. The van der Waals surface area contributed by atoms with Crippen LogP contribution in [0.5, 0.6) is 0 Å². The van der Waals surface area contributed by atoms with E-state index >= 15 is 0 Å². The second-order valence-corrected chi connectivity index (χ2v) is 6.04. The lowest BCUT2D eigenvalue weighted by molar-refractivity contribution is 0.536. The molecular formula is C12H14ClFN2S. The first-order valence-electron chi connectivity index (χ1n) is 5.36. The molecule has 92 valence electrons. The van der Waals surface area contributed by atoms with E-state index in [1.807, 2.05) is 0 Å². The van der Waals surface area contributed by atoms with Crippen LogP contribution in [0, 0.1) is 5.82 Å². The van der Waals surface area contributed by atoms with Crippen LogP contribution < -0.4 is 5.32 Å². The number of nitrogens with zero attached hydrogens (tertiary/aromatic N) is 1. The highest BCUT2D eigenvalue weighted by Crippen LogP contribution is 2.23. The van der Waals surface area contributed by atoms with Gasteiger partial charge in [-0.25, -0.2) is 4.39 Å². The Morgan fingerprint density at radius 1 is 1.53 bits per heavy atom. The quantitative estimate of drug-likeness (QED) is 0.892. The number of rotatable bonds is 2. The largest absolute Gasteiger partial charge is 0.359 e. The van der Waals surface area contributed by atoms with Gasteiger partial charge in [-0.3, -0.25) is 4.99 Å². The van der Waals surface area contributed by atoms with Crippen molar-refractivity contribution in [2.24, 2.45) is 4.99 Å². The van der Waals surface area contributed by atoms with Crippen LogP contribution in [-0.2, 0) is 6.54 Å². The van der Waals surface area contributed by atoms with Gasteiger partial charge in [0.1, 0.15) is 5.82 Å². The summed E-state index contributed by atoms with van der Waals surface area (Å²) < 4.78 is 13.0. The molecule has 2 rings (SSSR count). The predicted octanol–water partition coefficient (Wildman–Crippen LogP) is 3.45. The molecular weight excluding hydrogens is 259 g/mol. The molecule has 5 heteroatoms. The molecule has 0 aliphatic carbocycles. The first-order chi connectivity index (χ1) is 7.96. The Hall–Kier alpha value is -0.740. The standard InChI is InChI=1S/C12H14ClFN2S/c1-12(2)7-17-11(16-12)15-6-8-3-4-10(14)9(13)5-8/h3-5H,6-7H2,1-2H3,(H,15,16). The van der Waals surface area contributed by atoms with Crippen molar-refractivity contribution in [3.63, 3.8) is 0 Å². The lowest BCUT2D eigenvalue weighted by Gasteiger charge is -2.15. The van der Waals surface area contributed by atoms with E-state index in [-0.39, 0.29) is 10.6 Å². The molecule has 17 heavy (non-hydrogen) atoms. The van der Waals surface area contributed by atoms with Crippen molar-refractivity contribution in [2.75, 3.05) is 5.75 Å². The Labute approximate surface area is 110 Å². The molecule has 1 fully saturated rings. The summed E-state index contributed by atoms with van der Waals surface area (Å²) in [6.45, 7) is 4.79. The van der Waals surface area contributed by atoms with Gasteiger partial charge in [-0.15, -0.1) is 0 Å². The zero-order valence-corrected chi connectivity index (χ0v) is 11.3. The summed E-state index contributed by atoms with van der Waals surface area (Å²) in [5.41, 5.74) is 1.01. The maximum absolute atomic E-state index is 13.0. The third kappa shape index (κ3) is 3.36. The number of benzene rings is 1. The Morgan fingerprint density at radius 2 is 2.29 bits per heavy atom. The third-order valence-corrected chi connectivity index (χ3v) is 4.06. The number of nitrogens with one attached hydrogen (secondary N) is 1. The number of hydrogen-bond acceptors (Lipinski definition) is 2. The highest BCUT2D eigenvalue weighted by molar-refractivity contribution is 8.14. The maximum atomic E-state index is 13.0. The monoisotopic (exact) mass is 272 g/mol. The van der Waals surface area contributed by atoms with E-state index in [2.05, 4.69) is 24.2 Å². The topological polar surface area (TPSA) is 24.4 Å². The van der Waals surface area contributed by atoms with E-state index in [4.69, 9.17) is 11.6 Å². The second kappa shape index (κ2) is 4.86. The minimum Gasteiger partial charge on any atom is -0.359 e. The van der Waals surface area contributed by atoms with Gasteiger partial charge in [-0.05, 0) is 31.5 Å². The predicted molar refractivity (Wildman–Crippen MR) is 72.2 cm³/mol. The van der Waals surface area contributed by atoms with E-state index in [1.54, 1.807) is 23.9 Å². The van der Waals surface area contributed by atoms with E-state index in [1.165, 1.54) is 6.07 Å². The fourth-order valence-electron chi connectivity index (χ4n) is 1.50.